The molecule has 1 fully saturated rings. The molecule has 1 heterocycles. The largest absolute Gasteiger partial charge is 0.316 e. The second-order valence-corrected chi connectivity index (χ2v) is 7.10. The Morgan fingerprint density at radius 3 is 2.87 bits per heavy atom. The molecule has 4 nitrogen and oxygen atoms in total. The molecule has 1 aliphatic rings. The molecule has 0 aromatic rings. The van der Waals surface area contributed by atoms with Crippen LogP contribution in [-0.4, -0.2) is 62.6 Å². The molecule has 0 aromatic carbocycles. The predicted molar refractivity (Wildman–Crippen MR) is 66.1 cm³/mol. The Bertz CT molecular complexity index is 280. The van der Waals surface area contributed by atoms with Crippen molar-refractivity contribution in [2.45, 2.75) is 12.3 Å². The van der Waals surface area contributed by atoms with Gasteiger partial charge in [-0.25, -0.2) is 8.42 Å². The van der Waals surface area contributed by atoms with Crippen molar-refractivity contribution in [2.75, 3.05) is 43.9 Å². The summed E-state index contributed by atoms with van der Waals surface area (Å²) in [7, 11) is -2.93. The minimum atomic E-state index is -2.93. The first-order valence-electron chi connectivity index (χ1n) is 5.27. The number of nitrogens with zero attached hydrogens (tertiary/aromatic N) is 1. The molecular weight excluding hydrogens is 232 g/mol. The molecule has 0 aliphatic carbocycles. The van der Waals surface area contributed by atoms with Crippen molar-refractivity contribution in [1.29, 1.82) is 0 Å². The van der Waals surface area contributed by atoms with Gasteiger partial charge in [-0.2, -0.15) is 11.8 Å². The Kier molecular flexibility index (Phi) is 5.38. The number of nitrogens with one attached hydrogen (secondary N) is 1. The molecule has 1 rings (SSSR count). The lowest BCUT2D eigenvalue weighted by Crippen LogP contribution is -2.49. The van der Waals surface area contributed by atoms with Gasteiger partial charge < -0.3 is 5.32 Å². The van der Waals surface area contributed by atoms with Gasteiger partial charge in [0.25, 0.3) is 0 Å². The molecule has 6 heteroatoms. The highest BCUT2D eigenvalue weighted by Crippen LogP contribution is 2.19. The molecule has 1 N–H and O–H groups in total. The van der Waals surface area contributed by atoms with Gasteiger partial charge >= 0.3 is 0 Å². The van der Waals surface area contributed by atoms with E-state index in [-0.39, 0.29) is 5.37 Å². The van der Waals surface area contributed by atoms with Gasteiger partial charge in [-0.3, -0.25) is 4.90 Å². The van der Waals surface area contributed by atoms with Gasteiger partial charge in [0.15, 0.2) is 9.84 Å². The van der Waals surface area contributed by atoms with Gasteiger partial charge in [0.1, 0.15) is 5.37 Å². The molecule has 1 aliphatic heterocycles. The lowest BCUT2D eigenvalue weighted by molar-refractivity contribution is 0.271. The molecule has 0 aromatic heterocycles. The summed E-state index contributed by atoms with van der Waals surface area (Å²) in [6.07, 6.45) is 1.34. The van der Waals surface area contributed by atoms with E-state index in [0.29, 0.717) is 5.75 Å². The van der Waals surface area contributed by atoms with Crippen molar-refractivity contribution in [3.8, 4) is 0 Å². The second-order valence-electron chi connectivity index (χ2n) is 3.75. The third-order valence-corrected chi connectivity index (χ3v) is 5.20. The third kappa shape index (κ3) is 4.30. The Morgan fingerprint density at radius 2 is 2.27 bits per heavy atom. The number of rotatable bonds is 5. The average molecular weight is 252 g/mol. The molecule has 0 spiro atoms. The Labute approximate surface area is 96.7 Å². The smallest absolute Gasteiger partial charge is 0.164 e. The standard InChI is InChI=1S/C9H20N2O2S2/c1-3-10-4-5-11-6-7-14-8-9(11)15(2,12)13/h9-10H,3-8H2,1-2H3. The lowest BCUT2D eigenvalue weighted by Gasteiger charge is -2.33. The Hall–Kier alpha value is 0.220. The van der Waals surface area contributed by atoms with E-state index in [4.69, 9.17) is 0 Å². The predicted octanol–water partition coefficient (Wildman–Crippen LogP) is 0.0154. The number of likely N-dealkylation sites (N-methyl/N-ethyl adjacent to an activating group) is 1. The van der Waals surface area contributed by atoms with Crippen molar-refractivity contribution in [3.63, 3.8) is 0 Å². The first kappa shape index (κ1) is 13.3. The van der Waals surface area contributed by atoms with Crippen molar-refractivity contribution >= 4 is 21.6 Å². The van der Waals surface area contributed by atoms with Crippen LogP contribution in [0.2, 0.25) is 0 Å². The van der Waals surface area contributed by atoms with Crippen molar-refractivity contribution in [2.24, 2.45) is 0 Å². The molecule has 0 amide bonds. The molecule has 1 unspecified atom stereocenters. The minimum Gasteiger partial charge on any atom is -0.316 e. The number of thioether (sulfide) groups is 1. The quantitative estimate of drug-likeness (QED) is 0.699. The molecule has 90 valence electrons. The number of hydrogen-bond donors (Lipinski definition) is 1. The van der Waals surface area contributed by atoms with Crippen LogP contribution in [0.1, 0.15) is 6.92 Å². The van der Waals surface area contributed by atoms with Gasteiger partial charge in [0, 0.05) is 37.4 Å². The summed E-state index contributed by atoms with van der Waals surface area (Å²) in [5.41, 5.74) is 0. The molecule has 15 heavy (non-hydrogen) atoms. The molecular formula is C9H20N2O2S2. The van der Waals surface area contributed by atoms with Crippen LogP contribution in [0.25, 0.3) is 0 Å². The monoisotopic (exact) mass is 252 g/mol. The van der Waals surface area contributed by atoms with Crippen LogP contribution < -0.4 is 5.32 Å². The van der Waals surface area contributed by atoms with Crippen LogP contribution >= 0.6 is 11.8 Å². The normalized spacial score (nSPS) is 24.3. The van der Waals surface area contributed by atoms with Gasteiger partial charge in [-0.1, -0.05) is 6.92 Å². The van der Waals surface area contributed by atoms with E-state index < -0.39 is 9.84 Å². The second kappa shape index (κ2) is 6.08. The summed E-state index contributed by atoms with van der Waals surface area (Å²) in [5.74, 6) is 1.75. The van der Waals surface area contributed by atoms with Crippen molar-refractivity contribution in [1.82, 2.24) is 10.2 Å². The summed E-state index contributed by atoms with van der Waals surface area (Å²) in [4.78, 5) is 2.08. The van der Waals surface area contributed by atoms with E-state index in [0.717, 1.165) is 31.9 Å². The van der Waals surface area contributed by atoms with Crippen LogP contribution in [0, 0.1) is 0 Å². The number of sulfone groups is 1. The molecule has 1 atom stereocenters. The first-order chi connectivity index (χ1) is 7.05. The minimum absolute atomic E-state index is 0.282. The molecule has 0 bridgehead atoms. The van der Waals surface area contributed by atoms with Crippen LogP contribution in [0.4, 0.5) is 0 Å². The fourth-order valence-corrected chi connectivity index (χ4v) is 4.64. The zero-order valence-electron chi connectivity index (χ0n) is 9.40. The SMILES string of the molecule is CCNCCN1CCSCC1S(C)(=O)=O. The van der Waals surface area contributed by atoms with E-state index in [1.54, 1.807) is 11.8 Å². The summed E-state index contributed by atoms with van der Waals surface area (Å²) in [6.45, 7) is 5.57. The summed E-state index contributed by atoms with van der Waals surface area (Å²) in [5, 5.41) is 2.94. The maximum atomic E-state index is 11.6. The molecule has 0 radical (unpaired) electrons. The van der Waals surface area contributed by atoms with Gasteiger partial charge in [-0.15, -0.1) is 0 Å². The zero-order valence-corrected chi connectivity index (χ0v) is 11.0. The fourth-order valence-electron chi connectivity index (χ4n) is 1.66. The van der Waals surface area contributed by atoms with Gasteiger partial charge in [0.2, 0.25) is 0 Å². The maximum Gasteiger partial charge on any atom is 0.164 e. The van der Waals surface area contributed by atoms with E-state index in [1.165, 1.54) is 6.26 Å². The highest BCUT2D eigenvalue weighted by atomic mass is 32.2. The van der Waals surface area contributed by atoms with E-state index in [9.17, 15) is 8.42 Å². The van der Waals surface area contributed by atoms with Gasteiger partial charge in [0.05, 0.1) is 0 Å². The van der Waals surface area contributed by atoms with Crippen LogP contribution in [0.15, 0.2) is 0 Å². The lowest BCUT2D eigenvalue weighted by atomic mass is 10.4. The fraction of sp³-hybridized carbons (Fsp3) is 1.00. The maximum absolute atomic E-state index is 11.6. The first-order valence-corrected chi connectivity index (χ1v) is 8.38. The Morgan fingerprint density at radius 1 is 1.53 bits per heavy atom. The van der Waals surface area contributed by atoms with Crippen LogP contribution in [0.5, 0.6) is 0 Å². The van der Waals surface area contributed by atoms with Gasteiger partial charge in [-0.05, 0) is 6.54 Å². The summed E-state index contributed by atoms with van der Waals surface area (Å²) in [6, 6.07) is 0. The average Bonchev–Trinajstić information content (AvgIpc) is 2.17. The van der Waals surface area contributed by atoms with Crippen LogP contribution in [0.3, 0.4) is 0 Å². The third-order valence-electron chi connectivity index (χ3n) is 2.51. The summed E-state index contributed by atoms with van der Waals surface area (Å²) < 4.78 is 23.1. The zero-order chi connectivity index (χ0) is 11.3. The van der Waals surface area contributed by atoms with E-state index >= 15 is 0 Å². The van der Waals surface area contributed by atoms with Crippen molar-refractivity contribution in [3.05, 3.63) is 0 Å². The van der Waals surface area contributed by atoms with Crippen LogP contribution in [-0.2, 0) is 9.84 Å². The van der Waals surface area contributed by atoms with E-state index in [1.807, 2.05) is 0 Å². The Balaban J connectivity index is 2.51. The summed E-state index contributed by atoms with van der Waals surface area (Å²) >= 11 is 1.73. The van der Waals surface area contributed by atoms with Crippen molar-refractivity contribution < 1.29 is 8.42 Å². The van der Waals surface area contributed by atoms with E-state index in [2.05, 4.69) is 17.1 Å². The highest BCUT2D eigenvalue weighted by molar-refractivity contribution is 8.00. The highest BCUT2D eigenvalue weighted by Gasteiger charge is 2.30. The molecule has 0 saturated carbocycles. The number of hydrogen-bond acceptors (Lipinski definition) is 5. The topological polar surface area (TPSA) is 49.4 Å². The molecule has 1 saturated heterocycles.